The van der Waals surface area contributed by atoms with Crippen molar-refractivity contribution in [3.05, 3.63) is 35.6 Å². The molecule has 1 aromatic carbocycles. The van der Waals surface area contributed by atoms with Crippen molar-refractivity contribution < 1.29 is 4.39 Å². The van der Waals surface area contributed by atoms with E-state index in [1.54, 1.807) is 12.1 Å². The summed E-state index contributed by atoms with van der Waals surface area (Å²) >= 11 is 0. The first kappa shape index (κ1) is 17.2. The summed E-state index contributed by atoms with van der Waals surface area (Å²) in [4.78, 5) is 0. The van der Waals surface area contributed by atoms with Crippen LogP contribution in [0.2, 0.25) is 0 Å². The van der Waals surface area contributed by atoms with Crippen molar-refractivity contribution in [2.24, 2.45) is 5.92 Å². The molecule has 0 aliphatic carbocycles. The van der Waals surface area contributed by atoms with Crippen LogP contribution in [0.3, 0.4) is 0 Å². The first-order valence-corrected chi connectivity index (χ1v) is 8.19. The van der Waals surface area contributed by atoms with E-state index in [-0.39, 0.29) is 5.82 Å². The molecule has 2 unspecified atom stereocenters. The molecule has 0 heterocycles. The van der Waals surface area contributed by atoms with Crippen LogP contribution in [0.4, 0.5) is 4.39 Å². The van der Waals surface area contributed by atoms with Crippen molar-refractivity contribution in [1.82, 2.24) is 5.32 Å². The van der Waals surface area contributed by atoms with Crippen molar-refractivity contribution in [2.75, 3.05) is 6.54 Å². The van der Waals surface area contributed by atoms with Gasteiger partial charge in [0, 0.05) is 6.04 Å². The van der Waals surface area contributed by atoms with Gasteiger partial charge in [-0.3, -0.25) is 0 Å². The van der Waals surface area contributed by atoms with Gasteiger partial charge in [0.25, 0.3) is 0 Å². The largest absolute Gasteiger partial charge is 0.313 e. The van der Waals surface area contributed by atoms with Crippen LogP contribution in [-0.4, -0.2) is 12.6 Å². The van der Waals surface area contributed by atoms with E-state index < -0.39 is 0 Å². The van der Waals surface area contributed by atoms with Crippen LogP contribution < -0.4 is 5.32 Å². The Kier molecular flexibility index (Phi) is 8.52. The summed E-state index contributed by atoms with van der Waals surface area (Å²) in [6, 6.07) is 7.49. The van der Waals surface area contributed by atoms with E-state index in [1.807, 2.05) is 12.1 Å². The highest BCUT2D eigenvalue weighted by Crippen LogP contribution is 2.20. The molecule has 0 fully saturated rings. The van der Waals surface area contributed by atoms with Crippen molar-refractivity contribution in [1.29, 1.82) is 0 Å². The lowest BCUT2D eigenvalue weighted by Crippen LogP contribution is -2.38. The lowest BCUT2D eigenvalue weighted by molar-refractivity contribution is 0.315. The lowest BCUT2D eigenvalue weighted by atomic mass is 9.87. The van der Waals surface area contributed by atoms with E-state index in [0.29, 0.717) is 12.0 Å². The van der Waals surface area contributed by atoms with Crippen LogP contribution in [0.25, 0.3) is 0 Å². The molecular weight excluding hydrogens is 249 g/mol. The number of nitrogens with one attached hydrogen (secondary N) is 1. The Bertz CT molecular complexity index is 347. The summed E-state index contributed by atoms with van der Waals surface area (Å²) in [6.07, 6.45) is 7.21. The fourth-order valence-electron chi connectivity index (χ4n) is 2.77. The van der Waals surface area contributed by atoms with Crippen LogP contribution in [0.5, 0.6) is 0 Å². The molecule has 0 amide bonds. The zero-order valence-electron chi connectivity index (χ0n) is 13.3. The predicted molar refractivity (Wildman–Crippen MR) is 85.5 cm³/mol. The van der Waals surface area contributed by atoms with Crippen molar-refractivity contribution in [3.63, 3.8) is 0 Å². The van der Waals surface area contributed by atoms with E-state index in [1.165, 1.54) is 31.2 Å². The minimum Gasteiger partial charge on any atom is -0.313 e. The number of hydrogen-bond donors (Lipinski definition) is 1. The third-order valence-electron chi connectivity index (χ3n) is 4.05. The second-order valence-electron chi connectivity index (χ2n) is 5.70. The number of unbranched alkanes of at least 4 members (excludes halogenated alkanes) is 1. The smallest absolute Gasteiger partial charge is 0.123 e. The zero-order valence-corrected chi connectivity index (χ0v) is 13.3. The Morgan fingerprint density at radius 1 is 1.05 bits per heavy atom. The van der Waals surface area contributed by atoms with Crippen LogP contribution >= 0.6 is 0 Å². The minimum atomic E-state index is -0.148. The van der Waals surface area contributed by atoms with Gasteiger partial charge in [-0.25, -0.2) is 4.39 Å². The lowest BCUT2D eigenvalue weighted by Gasteiger charge is -2.27. The van der Waals surface area contributed by atoms with Crippen LogP contribution in [-0.2, 0) is 6.42 Å². The number of benzene rings is 1. The average Bonchev–Trinajstić information content (AvgIpc) is 2.47. The molecule has 0 spiro atoms. The van der Waals surface area contributed by atoms with Gasteiger partial charge < -0.3 is 5.32 Å². The molecule has 2 atom stereocenters. The molecule has 0 aliphatic heterocycles. The Morgan fingerprint density at radius 2 is 1.75 bits per heavy atom. The van der Waals surface area contributed by atoms with Gasteiger partial charge in [-0.2, -0.15) is 0 Å². The molecule has 0 radical (unpaired) electrons. The van der Waals surface area contributed by atoms with E-state index in [9.17, 15) is 4.39 Å². The van der Waals surface area contributed by atoms with Gasteiger partial charge >= 0.3 is 0 Å². The third kappa shape index (κ3) is 6.04. The van der Waals surface area contributed by atoms with Gasteiger partial charge in [0.05, 0.1) is 0 Å². The monoisotopic (exact) mass is 279 g/mol. The average molecular weight is 279 g/mol. The first-order valence-electron chi connectivity index (χ1n) is 8.19. The Balaban J connectivity index is 2.68. The van der Waals surface area contributed by atoms with Crippen molar-refractivity contribution in [2.45, 2.75) is 65.3 Å². The summed E-state index contributed by atoms with van der Waals surface area (Å²) < 4.78 is 13.0. The SMILES string of the molecule is CCCCC(CC)C(Cc1ccc(F)cc1)NCCC. The summed E-state index contributed by atoms with van der Waals surface area (Å²) in [5.74, 6) is 0.566. The fourth-order valence-corrected chi connectivity index (χ4v) is 2.77. The molecule has 0 aliphatic rings. The van der Waals surface area contributed by atoms with Gasteiger partial charge in [-0.05, 0) is 49.4 Å². The highest BCUT2D eigenvalue weighted by atomic mass is 19.1. The third-order valence-corrected chi connectivity index (χ3v) is 4.05. The van der Waals surface area contributed by atoms with E-state index in [2.05, 4.69) is 26.1 Å². The maximum absolute atomic E-state index is 13.0. The van der Waals surface area contributed by atoms with Crippen LogP contribution in [0.1, 0.15) is 58.4 Å². The Hall–Kier alpha value is -0.890. The molecule has 0 aromatic heterocycles. The van der Waals surface area contributed by atoms with Gasteiger partial charge in [0.15, 0.2) is 0 Å². The molecule has 1 rings (SSSR count). The second-order valence-corrected chi connectivity index (χ2v) is 5.70. The summed E-state index contributed by atoms with van der Waals surface area (Å²) in [5.41, 5.74) is 1.23. The standard InChI is InChI=1S/C18H30FN/c1-4-7-8-16(6-3)18(20-13-5-2)14-15-9-11-17(19)12-10-15/h9-12,16,18,20H,4-8,13-14H2,1-3H3. The molecule has 2 heteroatoms. The van der Waals surface area contributed by atoms with E-state index >= 15 is 0 Å². The zero-order chi connectivity index (χ0) is 14.8. The molecule has 1 N–H and O–H groups in total. The maximum atomic E-state index is 13.0. The van der Waals surface area contributed by atoms with E-state index in [0.717, 1.165) is 19.4 Å². The highest BCUT2D eigenvalue weighted by molar-refractivity contribution is 5.17. The summed E-state index contributed by atoms with van der Waals surface area (Å²) in [5, 5.41) is 3.70. The molecule has 20 heavy (non-hydrogen) atoms. The fraction of sp³-hybridized carbons (Fsp3) is 0.667. The number of rotatable bonds is 10. The molecule has 1 nitrogen and oxygen atoms in total. The Labute approximate surface area is 124 Å². The normalized spacial score (nSPS) is 14.2. The molecule has 0 bridgehead atoms. The van der Waals surface area contributed by atoms with Gasteiger partial charge in [-0.15, -0.1) is 0 Å². The van der Waals surface area contributed by atoms with Gasteiger partial charge in [-0.1, -0.05) is 52.2 Å². The van der Waals surface area contributed by atoms with Crippen LogP contribution in [0.15, 0.2) is 24.3 Å². The predicted octanol–water partition coefficient (Wildman–Crippen LogP) is 4.95. The first-order chi connectivity index (χ1) is 9.71. The highest BCUT2D eigenvalue weighted by Gasteiger charge is 2.19. The number of hydrogen-bond acceptors (Lipinski definition) is 1. The molecule has 0 saturated heterocycles. The topological polar surface area (TPSA) is 12.0 Å². The van der Waals surface area contributed by atoms with Crippen molar-refractivity contribution >= 4 is 0 Å². The number of halogens is 1. The molecular formula is C18H30FN. The van der Waals surface area contributed by atoms with Gasteiger partial charge in [0.1, 0.15) is 5.82 Å². The van der Waals surface area contributed by atoms with E-state index in [4.69, 9.17) is 0 Å². The molecule has 1 aromatic rings. The quantitative estimate of drug-likeness (QED) is 0.639. The summed E-state index contributed by atoms with van der Waals surface area (Å²) in [7, 11) is 0. The Morgan fingerprint density at radius 3 is 2.30 bits per heavy atom. The summed E-state index contributed by atoms with van der Waals surface area (Å²) in [6.45, 7) is 7.80. The van der Waals surface area contributed by atoms with Gasteiger partial charge in [0.2, 0.25) is 0 Å². The maximum Gasteiger partial charge on any atom is 0.123 e. The molecule has 0 saturated carbocycles. The second kappa shape index (κ2) is 9.93. The minimum absolute atomic E-state index is 0.148. The molecule has 114 valence electrons. The van der Waals surface area contributed by atoms with Crippen LogP contribution in [0, 0.1) is 11.7 Å². The van der Waals surface area contributed by atoms with Crippen molar-refractivity contribution in [3.8, 4) is 0 Å².